The number of anilines is 2. The largest absolute Gasteiger partial charge is 0.378 e. The van der Waals surface area contributed by atoms with Crippen LogP contribution in [-0.2, 0) is 22.8 Å². The van der Waals surface area contributed by atoms with E-state index in [0.29, 0.717) is 29.4 Å². The average Bonchev–Trinajstić information content (AvgIpc) is 3.22. The van der Waals surface area contributed by atoms with E-state index in [1.165, 1.54) is 0 Å². The molecule has 0 saturated carbocycles. The SMILES string of the molecule is Cc1ncc(C#Cc2c(C)ncnc2N2CCOCC2)cc1NS(=O)c1cnn(C)c1. The second-order valence-electron chi connectivity index (χ2n) is 7.08. The Bertz CT molecular complexity index is 1180. The molecule has 1 fully saturated rings. The molecule has 1 aliphatic heterocycles. The molecule has 9 nitrogen and oxygen atoms in total. The van der Waals surface area contributed by atoms with Crippen molar-refractivity contribution in [2.24, 2.45) is 7.05 Å². The van der Waals surface area contributed by atoms with Crippen molar-refractivity contribution in [1.82, 2.24) is 24.7 Å². The molecule has 1 saturated heterocycles. The van der Waals surface area contributed by atoms with Crippen LogP contribution in [0, 0.1) is 25.7 Å². The maximum Gasteiger partial charge on any atom is 0.153 e. The highest BCUT2D eigenvalue weighted by atomic mass is 32.2. The average molecular weight is 438 g/mol. The van der Waals surface area contributed by atoms with Gasteiger partial charge in [0.15, 0.2) is 11.0 Å². The van der Waals surface area contributed by atoms with E-state index < -0.39 is 11.0 Å². The quantitative estimate of drug-likeness (QED) is 0.619. The minimum absolute atomic E-state index is 0.589. The third-order valence-electron chi connectivity index (χ3n) is 4.84. The van der Waals surface area contributed by atoms with E-state index in [4.69, 9.17) is 4.74 Å². The third-order valence-corrected chi connectivity index (χ3v) is 5.89. The number of hydrogen-bond acceptors (Lipinski definition) is 7. The molecule has 0 spiro atoms. The number of ether oxygens (including phenoxy) is 1. The maximum atomic E-state index is 12.6. The van der Waals surface area contributed by atoms with Crippen molar-refractivity contribution in [3.05, 3.63) is 53.5 Å². The predicted molar refractivity (Wildman–Crippen MR) is 118 cm³/mol. The zero-order valence-electron chi connectivity index (χ0n) is 17.6. The fraction of sp³-hybridized carbons (Fsp3) is 0.333. The van der Waals surface area contributed by atoms with Gasteiger partial charge in [0.1, 0.15) is 12.1 Å². The summed E-state index contributed by atoms with van der Waals surface area (Å²) in [5, 5.41) is 4.06. The van der Waals surface area contributed by atoms with Crippen LogP contribution in [0.25, 0.3) is 0 Å². The normalized spacial score (nSPS) is 14.6. The van der Waals surface area contributed by atoms with E-state index in [2.05, 4.69) is 41.5 Å². The Morgan fingerprint density at radius 1 is 1.10 bits per heavy atom. The highest BCUT2D eigenvalue weighted by molar-refractivity contribution is 7.86. The number of nitrogens with one attached hydrogen (secondary N) is 1. The van der Waals surface area contributed by atoms with Crippen LogP contribution in [0.1, 0.15) is 22.5 Å². The number of morpholine rings is 1. The highest BCUT2D eigenvalue weighted by Crippen LogP contribution is 2.21. The summed E-state index contributed by atoms with van der Waals surface area (Å²) in [6.07, 6.45) is 6.55. The van der Waals surface area contributed by atoms with Crippen molar-refractivity contribution in [2.45, 2.75) is 18.7 Å². The highest BCUT2D eigenvalue weighted by Gasteiger charge is 2.17. The van der Waals surface area contributed by atoms with E-state index >= 15 is 0 Å². The van der Waals surface area contributed by atoms with E-state index in [-0.39, 0.29) is 0 Å². The lowest BCUT2D eigenvalue weighted by Gasteiger charge is -2.28. The van der Waals surface area contributed by atoms with Gasteiger partial charge in [0.05, 0.1) is 46.9 Å². The zero-order valence-corrected chi connectivity index (χ0v) is 18.4. The molecule has 1 aliphatic rings. The molecule has 31 heavy (non-hydrogen) atoms. The standard InChI is InChI=1S/C21H23N7O2S/c1-15-19(21(24-14-23-15)28-6-8-30-9-7-28)5-4-17-10-20(16(2)22-11-17)26-31(29)18-12-25-27(3)13-18/h10-14,26H,6-9H2,1-3H3. The Balaban J connectivity index is 1.60. The minimum Gasteiger partial charge on any atom is -0.378 e. The van der Waals surface area contributed by atoms with Gasteiger partial charge in [0.2, 0.25) is 0 Å². The van der Waals surface area contributed by atoms with Gasteiger partial charge in [-0.05, 0) is 19.9 Å². The van der Waals surface area contributed by atoms with Crippen LogP contribution in [0.5, 0.6) is 0 Å². The molecule has 0 aromatic carbocycles. The van der Waals surface area contributed by atoms with Crippen molar-refractivity contribution in [2.75, 3.05) is 35.9 Å². The first-order chi connectivity index (χ1) is 15.0. The van der Waals surface area contributed by atoms with Gasteiger partial charge in [-0.1, -0.05) is 11.8 Å². The molecule has 1 atom stereocenters. The van der Waals surface area contributed by atoms with Gasteiger partial charge in [-0.15, -0.1) is 0 Å². The summed E-state index contributed by atoms with van der Waals surface area (Å²) < 4.78 is 22.6. The molecule has 3 aromatic heterocycles. The lowest BCUT2D eigenvalue weighted by Crippen LogP contribution is -2.37. The van der Waals surface area contributed by atoms with Crippen molar-refractivity contribution in [1.29, 1.82) is 0 Å². The van der Waals surface area contributed by atoms with E-state index in [0.717, 1.165) is 35.9 Å². The van der Waals surface area contributed by atoms with Gasteiger partial charge in [-0.3, -0.25) is 14.4 Å². The molecule has 4 rings (SSSR count). The second kappa shape index (κ2) is 9.24. The number of nitrogens with zero attached hydrogens (tertiary/aromatic N) is 6. The van der Waals surface area contributed by atoms with Crippen LogP contribution in [0.3, 0.4) is 0 Å². The zero-order chi connectivity index (χ0) is 21.8. The van der Waals surface area contributed by atoms with Crippen LogP contribution in [0.4, 0.5) is 11.5 Å². The van der Waals surface area contributed by atoms with Crippen molar-refractivity contribution >= 4 is 22.5 Å². The summed E-state index contributed by atoms with van der Waals surface area (Å²) in [6.45, 7) is 6.65. The number of rotatable bonds is 4. The topological polar surface area (TPSA) is 98.1 Å². The lowest BCUT2D eigenvalue weighted by molar-refractivity contribution is 0.122. The van der Waals surface area contributed by atoms with Crippen molar-refractivity contribution in [3.8, 4) is 11.8 Å². The lowest BCUT2D eigenvalue weighted by atomic mass is 10.1. The molecule has 0 radical (unpaired) electrons. The summed E-state index contributed by atoms with van der Waals surface area (Å²) in [7, 11) is 0.339. The smallest absolute Gasteiger partial charge is 0.153 e. The first kappa shape index (κ1) is 21.0. The molecule has 0 amide bonds. The molecule has 4 heterocycles. The van der Waals surface area contributed by atoms with Gasteiger partial charge in [0.25, 0.3) is 0 Å². The fourth-order valence-electron chi connectivity index (χ4n) is 3.12. The van der Waals surface area contributed by atoms with E-state index in [1.807, 2.05) is 19.9 Å². The molecular weight excluding hydrogens is 414 g/mol. The summed E-state index contributed by atoms with van der Waals surface area (Å²) in [4.78, 5) is 15.9. The van der Waals surface area contributed by atoms with E-state index in [9.17, 15) is 4.21 Å². The van der Waals surface area contributed by atoms with Gasteiger partial charge in [-0.2, -0.15) is 5.10 Å². The molecule has 160 valence electrons. The van der Waals surface area contributed by atoms with Gasteiger partial charge >= 0.3 is 0 Å². The molecule has 1 N–H and O–H groups in total. The number of aromatic nitrogens is 5. The molecule has 10 heteroatoms. The first-order valence-electron chi connectivity index (χ1n) is 9.81. The Kier molecular flexibility index (Phi) is 6.25. The van der Waals surface area contributed by atoms with Gasteiger partial charge in [0, 0.05) is 38.1 Å². The van der Waals surface area contributed by atoms with Crippen LogP contribution in [0.15, 0.2) is 35.9 Å². The Morgan fingerprint density at radius 2 is 1.90 bits per heavy atom. The fourth-order valence-corrected chi connectivity index (χ4v) is 4.03. The van der Waals surface area contributed by atoms with Crippen LogP contribution in [0.2, 0.25) is 0 Å². The van der Waals surface area contributed by atoms with Gasteiger partial charge < -0.3 is 9.64 Å². The summed E-state index contributed by atoms with van der Waals surface area (Å²) in [5.41, 5.74) is 3.70. The Labute approximate surface area is 183 Å². The first-order valence-corrected chi connectivity index (χ1v) is 11.0. The number of aryl methyl sites for hydroxylation is 3. The molecule has 0 aliphatic carbocycles. The van der Waals surface area contributed by atoms with Crippen LogP contribution in [-0.4, -0.2) is 55.2 Å². The van der Waals surface area contributed by atoms with Crippen molar-refractivity contribution in [3.63, 3.8) is 0 Å². The van der Waals surface area contributed by atoms with Crippen LogP contribution < -0.4 is 9.62 Å². The summed E-state index contributed by atoms with van der Waals surface area (Å²) >= 11 is 0. The molecule has 1 unspecified atom stereocenters. The molecule has 3 aromatic rings. The molecular formula is C21H23N7O2S. The van der Waals surface area contributed by atoms with Crippen molar-refractivity contribution < 1.29 is 8.95 Å². The summed E-state index contributed by atoms with van der Waals surface area (Å²) in [6, 6.07) is 1.84. The van der Waals surface area contributed by atoms with Gasteiger partial charge in [-0.25, -0.2) is 14.2 Å². The maximum absolute atomic E-state index is 12.6. The second-order valence-corrected chi connectivity index (χ2v) is 8.30. The number of hydrogen-bond donors (Lipinski definition) is 1. The predicted octanol–water partition coefficient (Wildman–Crippen LogP) is 1.59. The summed E-state index contributed by atoms with van der Waals surface area (Å²) in [5.74, 6) is 7.19. The monoisotopic (exact) mass is 437 g/mol. The number of pyridine rings is 1. The van der Waals surface area contributed by atoms with E-state index in [1.54, 1.807) is 36.6 Å². The Morgan fingerprint density at radius 3 is 2.65 bits per heavy atom. The third kappa shape index (κ3) is 4.90. The molecule has 0 bridgehead atoms. The van der Waals surface area contributed by atoms with Crippen LogP contribution >= 0.6 is 0 Å². The minimum atomic E-state index is -1.44. The Hall–Kier alpha value is -3.29.